The average Bonchev–Trinajstić information content (AvgIpc) is 3.21. The number of hydrogen-bond acceptors (Lipinski definition) is 5. The van der Waals surface area contributed by atoms with Gasteiger partial charge in [-0.25, -0.2) is 9.67 Å². The molecule has 0 radical (unpaired) electrons. The molecule has 0 aliphatic carbocycles. The van der Waals surface area contributed by atoms with Gasteiger partial charge in [-0.2, -0.15) is 5.10 Å². The van der Waals surface area contributed by atoms with Crippen LogP contribution < -0.4 is 4.90 Å². The van der Waals surface area contributed by atoms with Crippen molar-refractivity contribution in [2.75, 3.05) is 4.90 Å². The van der Waals surface area contributed by atoms with Gasteiger partial charge in [-0.3, -0.25) is 14.9 Å². The Balaban J connectivity index is 1.77. The van der Waals surface area contributed by atoms with E-state index in [-0.39, 0.29) is 28.9 Å². The average molecular weight is 363 g/mol. The van der Waals surface area contributed by atoms with E-state index in [1.807, 2.05) is 31.2 Å². The van der Waals surface area contributed by atoms with Crippen molar-refractivity contribution >= 4 is 17.3 Å². The highest BCUT2D eigenvalue weighted by atomic mass is 16.6. The van der Waals surface area contributed by atoms with Crippen molar-refractivity contribution in [2.24, 2.45) is 0 Å². The van der Waals surface area contributed by atoms with Crippen LogP contribution in [0, 0.1) is 10.1 Å². The second-order valence-corrected chi connectivity index (χ2v) is 6.49. The molecule has 4 rings (SSSR count). The Hall–Kier alpha value is -3.55. The first-order chi connectivity index (χ1) is 13.1. The quantitative estimate of drug-likeness (QED) is 0.526. The lowest BCUT2D eigenvalue weighted by atomic mass is 9.95. The first-order valence-electron chi connectivity index (χ1n) is 8.61. The van der Waals surface area contributed by atoms with Crippen molar-refractivity contribution in [1.82, 2.24) is 14.8 Å². The molecule has 2 heterocycles. The number of anilines is 1. The summed E-state index contributed by atoms with van der Waals surface area (Å²) in [7, 11) is 0. The smallest absolute Gasteiger partial charge is 0.295 e. The van der Waals surface area contributed by atoms with E-state index in [9.17, 15) is 14.9 Å². The van der Waals surface area contributed by atoms with Crippen LogP contribution >= 0.6 is 0 Å². The number of nitrogens with zero attached hydrogens (tertiary/aromatic N) is 5. The van der Waals surface area contributed by atoms with Gasteiger partial charge in [-0.15, -0.1) is 0 Å². The van der Waals surface area contributed by atoms with Crippen LogP contribution in [0.25, 0.3) is 5.69 Å². The topological polar surface area (TPSA) is 94.2 Å². The SMILES string of the molecule is C[C@@H]1CCc2ccccc2N1C(=O)c1ccc(-n2cncn2)c([N+](=O)[O-])c1. The lowest BCUT2D eigenvalue weighted by molar-refractivity contribution is -0.384. The van der Waals surface area contributed by atoms with E-state index < -0.39 is 4.92 Å². The van der Waals surface area contributed by atoms with Gasteiger partial charge >= 0.3 is 0 Å². The van der Waals surface area contributed by atoms with E-state index in [0.29, 0.717) is 0 Å². The lowest BCUT2D eigenvalue weighted by Crippen LogP contribution is -2.42. The molecule has 1 atom stereocenters. The second kappa shape index (κ2) is 6.64. The molecule has 1 aliphatic heterocycles. The van der Waals surface area contributed by atoms with Gasteiger partial charge in [0.25, 0.3) is 11.6 Å². The number of carbonyl (C=O) groups excluding carboxylic acids is 1. The number of nitro groups is 1. The van der Waals surface area contributed by atoms with Crippen LogP contribution in [0.4, 0.5) is 11.4 Å². The van der Waals surface area contributed by atoms with E-state index in [4.69, 9.17) is 0 Å². The van der Waals surface area contributed by atoms with Gasteiger partial charge in [0, 0.05) is 23.4 Å². The molecule has 136 valence electrons. The predicted molar refractivity (Wildman–Crippen MR) is 99.0 cm³/mol. The number of amides is 1. The van der Waals surface area contributed by atoms with Crippen molar-refractivity contribution in [3.8, 4) is 5.69 Å². The highest BCUT2D eigenvalue weighted by Crippen LogP contribution is 2.33. The summed E-state index contributed by atoms with van der Waals surface area (Å²) >= 11 is 0. The molecule has 8 heteroatoms. The van der Waals surface area contributed by atoms with Gasteiger partial charge in [0.1, 0.15) is 18.3 Å². The Morgan fingerprint density at radius 3 is 2.78 bits per heavy atom. The zero-order valence-electron chi connectivity index (χ0n) is 14.6. The molecule has 3 aromatic rings. The fourth-order valence-electron chi connectivity index (χ4n) is 3.47. The number of fused-ring (bicyclic) bond motifs is 1. The first-order valence-corrected chi connectivity index (χ1v) is 8.61. The molecule has 0 spiro atoms. The van der Waals surface area contributed by atoms with E-state index >= 15 is 0 Å². The van der Waals surface area contributed by atoms with Gasteiger partial charge in [0.2, 0.25) is 0 Å². The number of aromatic nitrogens is 3. The standard InChI is InChI=1S/C19H17N5O3/c1-13-6-7-14-4-2-3-5-16(14)23(13)19(25)15-8-9-17(18(10-15)24(26)27)22-12-20-11-21-22/h2-5,8-13H,6-7H2,1H3/t13-/m1/s1. The Kier molecular flexibility index (Phi) is 4.15. The largest absolute Gasteiger partial charge is 0.305 e. The second-order valence-electron chi connectivity index (χ2n) is 6.49. The number of aryl methyl sites for hydroxylation is 1. The normalized spacial score (nSPS) is 16.0. The third-order valence-corrected chi connectivity index (χ3v) is 4.83. The van der Waals surface area contributed by atoms with Crippen LogP contribution in [-0.4, -0.2) is 31.6 Å². The van der Waals surface area contributed by atoms with Crippen LogP contribution in [0.5, 0.6) is 0 Å². The molecule has 2 aromatic carbocycles. The molecule has 0 saturated heterocycles. The molecule has 1 amide bonds. The van der Waals surface area contributed by atoms with E-state index in [1.54, 1.807) is 11.0 Å². The minimum Gasteiger partial charge on any atom is -0.305 e. The van der Waals surface area contributed by atoms with E-state index in [2.05, 4.69) is 10.1 Å². The van der Waals surface area contributed by atoms with Gasteiger partial charge in [-0.1, -0.05) is 18.2 Å². The summed E-state index contributed by atoms with van der Waals surface area (Å²) in [5, 5.41) is 15.5. The van der Waals surface area contributed by atoms with Gasteiger partial charge in [0.15, 0.2) is 0 Å². The Labute approximate surface area is 155 Å². The third kappa shape index (κ3) is 2.95. The van der Waals surface area contributed by atoms with E-state index in [1.165, 1.54) is 29.5 Å². The first kappa shape index (κ1) is 16.9. The zero-order valence-corrected chi connectivity index (χ0v) is 14.6. The molecule has 0 saturated carbocycles. The summed E-state index contributed by atoms with van der Waals surface area (Å²) in [6.45, 7) is 1.99. The Bertz CT molecular complexity index is 1020. The molecule has 1 aliphatic rings. The fourth-order valence-corrected chi connectivity index (χ4v) is 3.47. The molecule has 0 N–H and O–H groups in total. The number of rotatable bonds is 3. The van der Waals surface area contributed by atoms with Crippen molar-refractivity contribution in [2.45, 2.75) is 25.8 Å². The Morgan fingerprint density at radius 2 is 2.04 bits per heavy atom. The maximum absolute atomic E-state index is 13.2. The van der Waals surface area contributed by atoms with Gasteiger partial charge in [-0.05, 0) is 43.5 Å². The third-order valence-electron chi connectivity index (χ3n) is 4.83. The van der Waals surface area contributed by atoms with Crippen LogP contribution in [0.15, 0.2) is 55.1 Å². The summed E-state index contributed by atoms with van der Waals surface area (Å²) in [5.74, 6) is -0.247. The monoisotopic (exact) mass is 363 g/mol. The van der Waals surface area contributed by atoms with Crippen LogP contribution in [-0.2, 0) is 6.42 Å². The summed E-state index contributed by atoms with van der Waals surface area (Å²) in [4.78, 5) is 29.8. The van der Waals surface area contributed by atoms with Crippen molar-refractivity contribution in [3.63, 3.8) is 0 Å². The molecule has 27 heavy (non-hydrogen) atoms. The van der Waals surface area contributed by atoms with Crippen LogP contribution in [0.1, 0.15) is 29.3 Å². The highest BCUT2D eigenvalue weighted by Gasteiger charge is 2.30. The number of benzene rings is 2. The summed E-state index contributed by atoms with van der Waals surface area (Å²) in [5.41, 5.74) is 2.32. The number of carbonyl (C=O) groups is 1. The van der Waals surface area contributed by atoms with Gasteiger partial charge in [0.05, 0.1) is 4.92 Å². The fraction of sp³-hybridized carbons (Fsp3) is 0.211. The van der Waals surface area contributed by atoms with Crippen molar-refractivity contribution < 1.29 is 9.72 Å². The number of para-hydroxylation sites is 1. The summed E-state index contributed by atoms with van der Waals surface area (Å²) in [6, 6.07) is 12.2. The predicted octanol–water partition coefficient (Wildman–Crippen LogP) is 3.16. The van der Waals surface area contributed by atoms with E-state index in [0.717, 1.165) is 24.1 Å². The Morgan fingerprint density at radius 1 is 1.22 bits per heavy atom. The molecule has 8 nitrogen and oxygen atoms in total. The molecule has 0 bridgehead atoms. The zero-order chi connectivity index (χ0) is 19.0. The minimum atomic E-state index is -0.513. The summed E-state index contributed by atoms with van der Waals surface area (Å²) < 4.78 is 1.31. The summed E-state index contributed by atoms with van der Waals surface area (Å²) in [6.07, 6.45) is 4.44. The highest BCUT2D eigenvalue weighted by molar-refractivity contribution is 6.07. The maximum Gasteiger partial charge on any atom is 0.295 e. The molecule has 1 aromatic heterocycles. The minimum absolute atomic E-state index is 0.0152. The maximum atomic E-state index is 13.2. The molecule has 0 unspecified atom stereocenters. The number of nitro benzene ring substituents is 1. The van der Waals surface area contributed by atoms with Crippen molar-refractivity contribution in [3.05, 3.63) is 76.4 Å². The van der Waals surface area contributed by atoms with Crippen molar-refractivity contribution in [1.29, 1.82) is 0 Å². The molecule has 0 fully saturated rings. The molecular weight excluding hydrogens is 346 g/mol. The van der Waals surface area contributed by atoms with Gasteiger partial charge < -0.3 is 4.90 Å². The lowest BCUT2D eigenvalue weighted by Gasteiger charge is -2.35. The van der Waals surface area contributed by atoms with Crippen LogP contribution in [0.2, 0.25) is 0 Å². The van der Waals surface area contributed by atoms with Crippen LogP contribution in [0.3, 0.4) is 0 Å². The number of hydrogen-bond donors (Lipinski definition) is 0. The molecular formula is C19H17N5O3.